The fraction of sp³-hybridized carbons (Fsp3) is 0.375. The average molecular weight is 580 g/mol. The van der Waals surface area contributed by atoms with Gasteiger partial charge in [0.2, 0.25) is 11.8 Å². The number of hydrogen-bond acceptors (Lipinski definition) is 5. The van der Waals surface area contributed by atoms with Crippen LogP contribution in [0.15, 0.2) is 77.7 Å². The van der Waals surface area contributed by atoms with E-state index < -0.39 is 28.5 Å². The van der Waals surface area contributed by atoms with E-state index in [0.717, 1.165) is 27.4 Å². The van der Waals surface area contributed by atoms with Gasteiger partial charge in [-0.05, 0) is 80.6 Å². The molecule has 3 aromatic rings. The molecule has 9 heteroatoms. The first-order valence-electron chi connectivity index (χ1n) is 13.9. The van der Waals surface area contributed by atoms with Crippen molar-refractivity contribution >= 4 is 27.5 Å². The van der Waals surface area contributed by atoms with E-state index in [0.29, 0.717) is 17.9 Å². The monoisotopic (exact) mass is 579 g/mol. The lowest BCUT2D eigenvalue weighted by molar-refractivity contribution is -0.140. The minimum Gasteiger partial charge on any atom is -0.497 e. The van der Waals surface area contributed by atoms with Crippen LogP contribution in [-0.2, 0) is 26.2 Å². The van der Waals surface area contributed by atoms with Gasteiger partial charge in [0.25, 0.3) is 10.0 Å². The molecule has 0 aliphatic rings. The third-order valence-electron chi connectivity index (χ3n) is 7.33. The van der Waals surface area contributed by atoms with Crippen LogP contribution in [0.25, 0.3) is 0 Å². The number of amides is 2. The van der Waals surface area contributed by atoms with Crippen LogP contribution in [0.2, 0.25) is 0 Å². The van der Waals surface area contributed by atoms with Gasteiger partial charge >= 0.3 is 0 Å². The molecule has 0 aromatic heterocycles. The van der Waals surface area contributed by atoms with Crippen molar-refractivity contribution in [2.45, 2.75) is 71.0 Å². The van der Waals surface area contributed by atoms with Crippen molar-refractivity contribution in [2.24, 2.45) is 0 Å². The van der Waals surface area contributed by atoms with Crippen molar-refractivity contribution in [1.29, 1.82) is 0 Å². The zero-order valence-electron chi connectivity index (χ0n) is 24.8. The second-order valence-corrected chi connectivity index (χ2v) is 12.0. The molecule has 0 fully saturated rings. The normalized spacial score (nSPS) is 12.7. The van der Waals surface area contributed by atoms with Gasteiger partial charge in [-0.3, -0.25) is 13.9 Å². The number of sulfonamides is 1. The summed E-state index contributed by atoms with van der Waals surface area (Å²) in [4.78, 5) is 29.2. The second-order valence-electron chi connectivity index (χ2n) is 10.2. The molecule has 3 rings (SSSR count). The largest absolute Gasteiger partial charge is 0.497 e. The quantitative estimate of drug-likeness (QED) is 0.299. The van der Waals surface area contributed by atoms with Gasteiger partial charge in [-0.25, -0.2) is 8.42 Å². The van der Waals surface area contributed by atoms with Crippen LogP contribution in [0.1, 0.15) is 50.3 Å². The van der Waals surface area contributed by atoms with E-state index in [9.17, 15) is 18.0 Å². The van der Waals surface area contributed by atoms with E-state index in [1.807, 2.05) is 58.9 Å². The zero-order valence-corrected chi connectivity index (χ0v) is 25.6. The number of anilines is 1. The van der Waals surface area contributed by atoms with E-state index in [-0.39, 0.29) is 23.4 Å². The molecule has 0 bridgehead atoms. The molecule has 0 aliphatic carbocycles. The number of nitrogens with one attached hydrogen (secondary N) is 1. The summed E-state index contributed by atoms with van der Waals surface area (Å²) in [7, 11) is -2.55. The van der Waals surface area contributed by atoms with Gasteiger partial charge in [0.15, 0.2) is 0 Å². The third kappa shape index (κ3) is 7.67. The fourth-order valence-electron chi connectivity index (χ4n) is 4.57. The Morgan fingerprint density at radius 2 is 1.61 bits per heavy atom. The second kappa shape index (κ2) is 14.2. The summed E-state index contributed by atoms with van der Waals surface area (Å²) in [6.07, 6.45) is 1.09. The van der Waals surface area contributed by atoms with Crippen molar-refractivity contribution in [1.82, 2.24) is 10.2 Å². The molecule has 8 nitrogen and oxygen atoms in total. The van der Waals surface area contributed by atoms with Crippen LogP contribution >= 0.6 is 0 Å². The van der Waals surface area contributed by atoms with E-state index in [2.05, 4.69) is 5.32 Å². The van der Waals surface area contributed by atoms with Gasteiger partial charge < -0.3 is 15.0 Å². The number of ether oxygens (including phenoxy) is 1. The number of benzene rings is 3. The predicted octanol–water partition coefficient (Wildman–Crippen LogP) is 5.23. The van der Waals surface area contributed by atoms with Crippen LogP contribution < -0.4 is 14.4 Å². The highest BCUT2D eigenvalue weighted by Crippen LogP contribution is 2.29. The van der Waals surface area contributed by atoms with Crippen LogP contribution in [-0.4, -0.2) is 50.9 Å². The van der Waals surface area contributed by atoms with Crippen LogP contribution in [0.3, 0.4) is 0 Å². The molecule has 41 heavy (non-hydrogen) atoms. The topological polar surface area (TPSA) is 96.0 Å². The molecular formula is C32H41N3O5S. The first-order valence-corrected chi connectivity index (χ1v) is 15.3. The first kappa shape index (κ1) is 31.7. The van der Waals surface area contributed by atoms with Crippen LogP contribution in [0, 0.1) is 13.8 Å². The maximum Gasteiger partial charge on any atom is 0.264 e. The number of methoxy groups -OCH3 is 1. The Kier molecular flexibility index (Phi) is 10.9. The first-order chi connectivity index (χ1) is 19.5. The maximum atomic E-state index is 14.2. The lowest BCUT2D eigenvalue weighted by Crippen LogP contribution is -2.53. The summed E-state index contributed by atoms with van der Waals surface area (Å²) in [5, 5.41) is 2.99. The van der Waals surface area contributed by atoms with Crippen LogP contribution in [0.4, 0.5) is 5.69 Å². The highest BCUT2D eigenvalue weighted by molar-refractivity contribution is 7.92. The Morgan fingerprint density at radius 3 is 2.24 bits per heavy atom. The minimum absolute atomic E-state index is 0.0739. The van der Waals surface area contributed by atoms with E-state index in [1.165, 1.54) is 17.0 Å². The summed E-state index contributed by atoms with van der Waals surface area (Å²) in [5.41, 5.74) is 2.83. The summed E-state index contributed by atoms with van der Waals surface area (Å²) < 4.78 is 34.6. The van der Waals surface area contributed by atoms with Gasteiger partial charge in [-0.1, -0.05) is 56.3 Å². The molecule has 2 amide bonds. The molecule has 0 saturated heterocycles. The van der Waals surface area contributed by atoms with Gasteiger partial charge in [0.1, 0.15) is 18.3 Å². The molecule has 1 N–H and O–H groups in total. The number of hydrogen-bond donors (Lipinski definition) is 1. The Hall–Kier alpha value is -3.85. The van der Waals surface area contributed by atoms with E-state index in [1.54, 1.807) is 43.5 Å². The van der Waals surface area contributed by atoms with Crippen molar-refractivity contribution in [3.63, 3.8) is 0 Å². The molecule has 0 unspecified atom stereocenters. The van der Waals surface area contributed by atoms with Gasteiger partial charge in [-0.15, -0.1) is 0 Å². The number of carbonyl (C=O) groups is 2. The third-order valence-corrected chi connectivity index (χ3v) is 9.10. The van der Waals surface area contributed by atoms with Crippen molar-refractivity contribution in [3.8, 4) is 5.75 Å². The highest BCUT2D eigenvalue weighted by atomic mass is 32.2. The standard InChI is InChI=1S/C32H41N3O5S/c1-7-24(4)33-32(37)29(8-2)34(21-26-15-13-16-27(20-26)40-6)31(36)22-35(30-19-12-14-23(3)25(30)5)41(38,39)28-17-10-9-11-18-28/h9-20,24,29H,7-8,21-22H2,1-6H3,(H,33,37)/t24-,29-/m1/s1. The lowest BCUT2D eigenvalue weighted by atomic mass is 10.1. The van der Waals surface area contributed by atoms with E-state index >= 15 is 0 Å². The summed E-state index contributed by atoms with van der Waals surface area (Å²) in [6.45, 7) is 9.10. The minimum atomic E-state index is -4.12. The number of carbonyl (C=O) groups excluding carboxylic acids is 2. The summed E-state index contributed by atoms with van der Waals surface area (Å²) in [5.74, 6) is -0.141. The number of nitrogens with zero attached hydrogens (tertiary/aromatic N) is 2. The zero-order chi connectivity index (χ0) is 30.2. The van der Waals surface area contributed by atoms with Crippen LogP contribution in [0.5, 0.6) is 5.75 Å². The van der Waals surface area contributed by atoms with E-state index in [4.69, 9.17) is 4.74 Å². The average Bonchev–Trinajstić information content (AvgIpc) is 2.97. The Morgan fingerprint density at radius 1 is 0.927 bits per heavy atom. The van der Waals surface area contributed by atoms with Crippen molar-refractivity contribution in [2.75, 3.05) is 18.0 Å². The van der Waals surface area contributed by atoms with Gasteiger partial charge in [-0.2, -0.15) is 0 Å². The molecule has 3 aromatic carbocycles. The summed E-state index contributed by atoms with van der Waals surface area (Å²) in [6, 6.07) is 19.9. The SMILES string of the molecule is CC[C@@H](C)NC(=O)[C@@H](CC)N(Cc1cccc(OC)c1)C(=O)CN(c1cccc(C)c1C)S(=O)(=O)c1ccccc1. The number of aryl methyl sites for hydroxylation is 1. The molecule has 0 saturated carbocycles. The highest BCUT2D eigenvalue weighted by Gasteiger charge is 2.34. The predicted molar refractivity (Wildman–Crippen MR) is 162 cm³/mol. The lowest BCUT2D eigenvalue weighted by Gasteiger charge is -2.34. The van der Waals surface area contributed by atoms with Gasteiger partial charge in [0, 0.05) is 12.6 Å². The van der Waals surface area contributed by atoms with Gasteiger partial charge in [0.05, 0.1) is 17.7 Å². The Labute approximate surface area is 244 Å². The smallest absolute Gasteiger partial charge is 0.264 e. The molecule has 0 aliphatic heterocycles. The molecule has 0 heterocycles. The fourth-order valence-corrected chi connectivity index (χ4v) is 6.06. The molecule has 2 atom stereocenters. The molecule has 220 valence electrons. The molecule has 0 spiro atoms. The van der Waals surface area contributed by atoms with Crippen molar-refractivity contribution in [3.05, 3.63) is 89.5 Å². The van der Waals surface area contributed by atoms with Crippen molar-refractivity contribution < 1.29 is 22.7 Å². The summed E-state index contributed by atoms with van der Waals surface area (Å²) >= 11 is 0. The Balaban J connectivity index is 2.10. The Bertz CT molecular complexity index is 1440. The maximum absolute atomic E-state index is 14.2. The molecular weight excluding hydrogens is 538 g/mol. The number of rotatable bonds is 13. The molecule has 0 radical (unpaired) electrons.